The van der Waals surface area contributed by atoms with Crippen LogP contribution in [0.4, 0.5) is 0 Å². The van der Waals surface area contributed by atoms with E-state index in [2.05, 4.69) is 0 Å². The van der Waals surface area contributed by atoms with Crippen molar-refractivity contribution in [1.29, 1.82) is 0 Å². The molecule has 1 rings (SSSR count). The van der Waals surface area contributed by atoms with Crippen molar-refractivity contribution >= 4 is 5.97 Å². The maximum Gasteiger partial charge on any atom is 0.338 e. The van der Waals surface area contributed by atoms with E-state index in [1.165, 1.54) is 6.07 Å². The zero-order valence-corrected chi connectivity index (χ0v) is 6.33. The van der Waals surface area contributed by atoms with Crippen LogP contribution in [-0.2, 0) is 4.74 Å². The first-order chi connectivity index (χ1) is 5.74. The second-order valence-corrected chi connectivity index (χ2v) is 2.01. The Morgan fingerprint density at radius 1 is 1.64 bits per heavy atom. The first-order valence-corrected chi connectivity index (χ1v) is 3.48. The molecular weight excluding hydrogens is 140 g/mol. The number of hydrogen-bond donors (Lipinski definition) is 0. The van der Waals surface area contributed by atoms with E-state index in [4.69, 9.17) is 6.11 Å². The van der Waals surface area contributed by atoms with Crippen LogP contribution in [0.25, 0.3) is 0 Å². The largest absolute Gasteiger partial charge is 0.462 e. The zero-order chi connectivity index (χ0) is 8.97. The Labute approximate surface area is 67.2 Å². The molecule has 1 aromatic rings. The lowest BCUT2D eigenvalue weighted by molar-refractivity contribution is 0.0526. The van der Waals surface area contributed by atoms with Crippen molar-refractivity contribution in [2.24, 2.45) is 0 Å². The Morgan fingerprint density at radius 2 is 2.45 bits per heavy atom. The monoisotopic (exact) mass is 151 g/mol. The molecule has 0 fully saturated rings. The van der Waals surface area contributed by atoms with Crippen LogP contribution < -0.4 is 0 Å². The molecule has 1 aromatic carbocycles. The first-order valence-electron chi connectivity index (χ1n) is 3.98. The molecule has 0 N–H and O–H groups in total. The van der Waals surface area contributed by atoms with Gasteiger partial charge < -0.3 is 4.74 Å². The maximum atomic E-state index is 11.1. The molecular formula is C9H10O2. The van der Waals surface area contributed by atoms with Crippen molar-refractivity contribution in [2.75, 3.05) is 6.61 Å². The Morgan fingerprint density at radius 3 is 3.09 bits per heavy atom. The Kier molecular flexibility index (Phi) is 2.19. The normalized spacial score (nSPS) is 10.5. The van der Waals surface area contributed by atoms with Gasteiger partial charge in [-0.15, -0.1) is 0 Å². The molecule has 0 unspecified atom stereocenters. The summed E-state index contributed by atoms with van der Waals surface area (Å²) in [6, 6.07) is 6.71. The van der Waals surface area contributed by atoms with E-state index in [-0.39, 0.29) is 5.97 Å². The quantitative estimate of drug-likeness (QED) is 0.603. The van der Waals surface area contributed by atoms with Crippen LogP contribution in [0.15, 0.2) is 30.3 Å². The molecule has 0 saturated carbocycles. The summed E-state index contributed by atoms with van der Waals surface area (Å²) in [7, 11) is 0. The predicted octanol–water partition coefficient (Wildman–Crippen LogP) is 1.86. The van der Waals surface area contributed by atoms with E-state index in [1.807, 2.05) is 0 Å². The summed E-state index contributed by atoms with van der Waals surface area (Å²) in [5, 5.41) is 0. The lowest BCUT2D eigenvalue weighted by atomic mass is 10.2. The van der Waals surface area contributed by atoms with Crippen LogP contribution in [0.2, 0.25) is 0 Å². The van der Waals surface area contributed by atoms with Crippen molar-refractivity contribution in [3.63, 3.8) is 0 Å². The highest BCUT2D eigenvalue weighted by Crippen LogP contribution is 1.99. The van der Waals surface area contributed by atoms with E-state index in [0.29, 0.717) is 18.2 Å². The lowest BCUT2D eigenvalue weighted by Crippen LogP contribution is -2.03. The van der Waals surface area contributed by atoms with Gasteiger partial charge >= 0.3 is 5.97 Å². The highest BCUT2D eigenvalue weighted by Gasteiger charge is 2.02. The molecule has 0 radical (unpaired) electrons. The molecule has 2 nitrogen and oxygen atoms in total. The van der Waals surface area contributed by atoms with Gasteiger partial charge in [-0.2, -0.15) is 0 Å². The van der Waals surface area contributed by atoms with Gasteiger partial charge in [-0.25, -0.2) is 4.79 Å². The molecule has 0 aliphatic carbocycles. The van der Waals surface area contributed by atoms with Gasteiger partial charge in [-0.1, -0.05) is 18.2 Å². The third-order valence-electron chi connectivity index (χ3n) is 1.22. The van der Waals surface area contributed by atoms with E-state index in [9.17, 15) is 4.79 Å². The van der Waals surface area contributed by atoms with Gasteiger partial charge in [0.05, 0.1) is 13.5 Å². The standard InChI is InChI=1S/C9H10O2/c1-2-11-9(10)8-6-4-3-5-7-8/h3-7H,2H2,1H3/i4D. The molecule has 0 amide bonds. The van der Waals surface area contributed by atoms with E-state index >= 15 is 0 Å². The topological polar surface area (TPSA) is 26.3 Å². The molecule has 0 bridgehead atoms. The fourth-order valence-electron chi connectivity index (χ4n) is 0.735. The summed E-state index contributed by atoms with van der Waals surface area (Å²) in [5.74, 6) is -0.369. The maximum absolute atomic E-state index is 11.1. The molecule has 58 valence electrons. The van der Waals surface area contributed by atoms with Crippen LogP contribution in [0.3, 0.4) is 0 Å². The van der Waals surface area contributed by atoms with Crippen molar-refractivity contribution in [3.05, 3.63) is 35.9 Å². The van der Waals surface area contributed by atoms with Crippen LogP contribution in [0, 0.1) is 0 Å². The average molecular weight is 151 g/mol. The van der Waals surface area contributed by atoms with Crippen molar-refractivity contribution in [3.8, 4) is 0 Å². The summed E-state index contributed by atoms with van der Waals surface area (Å²) in [6.07, 6.45) is 0. The van der Waals surface area contributed by atoms with Gasteiger partial charge in [0, 0.05) is 0 Å². The average Bonchev–Trinajstić information content (AvgIpc) is 2.05. The number of carbonyl (C=O) groups is 1. The SMILES string of the molecule is [2H]c1cccc(C(=O)OCC)c1. The number of carbonyl (C=O) groups excluding carboxylic acids is 1. The number of rotatable bonds is 2. The molecule has 0 heterocycles. The van der Waals surface area contributed by atoms with Gasteiger partial charge in [0.15, 0.2) is 0 Å². The lowest BCUT2D eigenvalue weighted by Gasteiger charge is -1.99. The van der Waals surface area contributed by atoms with Gasteiger partial charge in [0.25, 0.3) is 0 Å². The Bertz CT molecular complexity index is 284. The zero-order valence-electron chi connectivity index (χ0n) is 7.33. The molecule has 2 heteroatoms. The Hall–Kier alpha value is -1.31. The third kappa shape index (κ3) is 2.08. The molecule has 0 aliphatic heterocycles. The fraction of sp³-hybridized carbons (Fsp3) is 0.222. The van der Waals surface area contributed by atoms with Crippen LogP contribution in [0.1, 0.15) is 18.7 Å². The van der Waals surface area contributed by atoms with Crippen LogP contribution in [-0.4, -0.2) is 12.6 Å². The van der Waals surface area contributed by atoms with Crippen LogP contribution in [0.5, 0.6) is 0 Å². The second kappa shape index (κ2) is 3.76. The minimum Gasteiger partial charge on any atom is -0.462 e. The van der Waals surface area contributed by atoms with Crippen LogP contribution >= 0.6 is 0 Å². The molecule has 0 aliphatic rings. The summed E-state index contributed by atoms with van der Waals surface area (Å²) < 4.78 is 12.0. The van der Waals surface area contributed by atoms with Gasteiger partial charge in [0.1, 0.15) is 0 Å². The van der Waals surface area contributed by atoms with Crippen molar-refractivity contribution < 1.29 is 10.9 Å². The summed E-state index contributed by atoms with van der Waals surface area (Å²) >= 11 is 0. The van der Waals surface area contributed by atoms with E-state index < -0.39 is 0 Å². The van der Waals surface area contributed by atoms with Gasteiger partial charge in [0.2, 0.25) is 0 Å². The molecule has 0 saturated heterocycles. The number of esters is 1. The predicted molar refractivity (Wildman–Crippen MR) is 42.4 cm³/mol. The molecule has 0 spiro atoms. The molecule has 0 aromatic heterocycles. The fourth-order valence-corrected chi connectivity index (χ4v) is 0.735. The van der Waals surface area contributed by atoms with E-state index in [0.717, 1.165) is 0 Å². The van der Waals surface area contributed by atoms with Gasteiger partial charge in [-0.05, 0) is 19.1 Å². The first kappa shape index (κ1) is 6.40. The summed E-state index contributed by atoms with van der Waals surface area (Å²) in [6.45, 7) is 2.11. The molecule has 11 heavy (non-hydrogen) atoms. The second-order valence-electron chi connectivity index (χ2n) is 2.01. The summed E-state index contributed by atoms with van der Waals surface area (Å²) in [5.41, 5.74) is 0.435. The number of benzene rings is 1. The highest BCUT2D eigenvalue weighted by molar-refractivity contribution is 5.89. The number of hydrogen-bond acceptors (Lipinski definition) is 2. The summed E-state index contributed by atoms with van der Waals surface area (Å²) in [4.78, 5) is 11.1. The smallest absolute Gasteiger partial charge is 0.338 e. The van der Waals surface area contributed by atoms with Crippen molar-refractivity contribution in [1.82, 2.24) is 0 Å². The number of ether oxygens (including phenoxy) is 1. The third-order valence-corrected chi connectivity index (χ3v) is 1.22. The van der Waals surface area contributed by atoms with Gasteiger partial charge in [-0.3, -0.25) is 0 Å². The minimum atomic E-state index is -0.369. The van der Waals surface area contributed by atoms with Crippen molar-refractivity contribution in [2.45, 2.75) is 6.92 Å². The highest BCUT2D eigenvalue weighted by atomic mass is 16.5. The minimum absolute atomic E-state index is 0.320. The van der Waals surface area contributed by atoms with E-state index in [1.54, 1.807) is 25.1 Å². The Balaban J connectivity index is 2.81. The molecule has 0 atom stereocenters.